The van der Waals surface area contributed by atoms with E-state index in [2.05, 4.69) is 0 Å². The van der Waals surface area contributed by atoms with E-state index in [-0.39, 0.29) is 10.9 Å². The molecule has 0 bridgehead atoms. The largest absolute Gasteiger partial charge is 0.497 e. The zero-order valence-corrected chi connectivity index (χ0v) is 24.5. The van der Waals surface area contributed by atoms with E-state index >= 15 is 0 Å². The van der Waals surface area contributed by atoms with Gasteiger partial charge in [0.2, 0.25) is 10.9 Å². The van der Waals surface area contributed by atoms with Crippen LogP contribution in [-0.2, 0) is 6.42 Å². The van der Waals surface area contributed by atoms with Crippen LogP contribution in [0.2, 0.25) is 0 Å². The molecule has 0 aliphatic rings. The third-order valence-corrected chi connectivity index (χ3v) is 8.09. The molecule has 0 saturated carbocycles. The minimum Gasteiger partial charge on any atom is -0.497 e. The molecule has 0 N–H and O–H groups in total. The average Bonchev–Trinajstić information content (AvgIpc) is 3.05. The van der Waals surface area contributed by atoms with Gasteiger partial charge in [-0.15, -0.1) is 0 Å². The first-order valence-electron chi connectivity index (χ1n) is 14.3. The number of methoxy groups -OCH3 is 2. The van der Waals surface area contributed by atoms with Gasteiger partial charge >= 0.3 is 0 Å². The number of aryl methyl sites for hydroxylation is 1. The second-order valence-electron chi connectivity index (χ2n) is 10.7. The Morgan fingerprint density at radius 3 is 1.84 bits per heavy atom. The van der Waals surface area contributed by atoms with E-state index in [1.54, 1.807) is 38.5 Å². The van der Waals surface area contributed by atoms with Gasteiger partial charge < -0.3 is 18.3 Å². The highest BCUT2D eigenvalue weighted by atomic mass is 16.5. The van der Waals surface area contributed by atoms with Crippen LogP contribution in [0, 0.1) is 6.92 Å². The van der Waals surface area contributed by atoms with Crippen molar-refractivity contribution in [3.63, 3.8) is 0 Å². The van der Waals surface area contributed by atoms with Crippen molar-refractivity contribution >= 4 is 32.9 Å². The lowest BCUT2D eigenvalue weighted by atomic mass is 9.88. The van der Waals surface area contributed by atoms with Gasteiger partial charge in [-0.05, 0) is 78.2 Å². The summed E-state index contributed by atoms with van der Waals surface area (Å²) in [6, 6.07) is 31.6. The van der Waals surface area contributed by atoms with Crippen molar-refractivity contribution < 1.29 is 18.3 Å². The van der Waals surface area contributed by atoms with Crippen molar-refractivity contribution in [3.8, 4) is 33.8 Å². The lowest BCUT2D eigenvalue weighted by Crippen LogP contribution is -2.12. The lowest BCUT2D eigenvalue weighted by molar-refractivity contribution is 0.414. The Morgan fingerprint density at radius 2 is 1.20 bits per heavy atom. The summed E-state index contributed by atoms with van der Waals surface area (Å²) in [5.41, 5.74) is 5.22. The SMILES string of the molecule is COc1ccc(Cc2oc3ccccc3c(=O)c2-c2cc(C)c3c(=O)c4ccccc4oc3c2-c2ccc(OC)cc2)cc1. The molecule has 2 heterocycles. The summed E-state index contributed by atoms with van der Waals surface area (Å²) in [7, 11) is 3.23. The minimum absolute atomic E-state index is 0.121. The van der Waals surface area contributed by atoms with Gasteiger partial charge in [-0.1, -0.05) is 48.5 Å². The maximum Gasteiger partial charge on any atom is 0.200 e. The Balaban J connectivity index is 1.61. The molecule has 7 rings (SSSR count). The zero-order chi connectivity index (χ0) is 30.4. The Kier molecular flexibility index (Phi) is 6.74. The van der Waals surface area contributed by atoms with Crippen LogP contribution in [0.4, 0.5) is 0 Å². The van der Waals surface area contributed by atoms with Crippen LogP contribution in [0.15, 0.2) is 122 Å². The Morgan fingerprint density at radius 1 is 0.636 bits per heavy atom. The maximum atomic E-state index is 14.5. The smallest absolute Gasteiger partial charge is 0.200 e. The van der Waals surface area contributed by atoms with Crippen molar-refractivity contribution in [2.75, 3.05) is 14.2 Å². The Hall–Kier alpha value is -5.62. The van der Waals surface area contributed by atoms with E-state index in [1.165, 1.54) is 0 Å². The molecule has 0 aliphatic heterocycles. The van der Waals surface area contributed by atoms with Crippen molar-refractivity contribution in [1.82, 2.24) is 0 Å². The topological polar surface area (TPSA) is 78.9 Å². The molecule has 6 heteroatoms. The van der Waals surface area contributed by atoms with Gasteiger partial charge in [0.15, 0.2) is 0 Å². The number of rotatable bonds is 6. The molecule has 0 aliphatic carbocycles. The molecular formula is C38H28O6. The summed E-state index contributed by atoms with van der Waals surface area (Å²) >= 11 is 0. The summed E-state index contributed by atoms with van der Waals surface area (Å²) in [5.74, 6) is 1.93. The van der Waals surface area contributed by atoms with E-state index in [4.69, 9.17) is 18.3 Å². The van der Waals surface area contributed by atoms with Crippen LogP contribution in [0.3, 0.4) is 0 Å². The number of para-hydroxylation sites is 2. The van der Waals surface area contributed by atoms with Gasteiger partial charge in [-0.2, -0.15) is 0 Å². The number of benzene rings is 5. The van der Waals surface area contributed by atoms with Gasteiger partial charge in [-0.3, -0.25) is 9.59 Å². The molecule has 2 aromatic heterocycles. The summed E-state index contributed by atoms with van der Waals surface area (Å²) in [5, 5.41) is 1.45. The summed E-state index contributed by atoms with van der Waals surface area (Å²) in [6.07, 6.45) is 0.361. The summed E-state index contributed by atoms with van der Waals surface area (Å²) in [6.45, 7) is 1.88. The third-order valence-electron chi connectivity index (χ3n) is 8.09. The van der Waals surface area contributed by atoms with Crippen molar-refractivity contribution in [3.05, 3.63) is 140 Å². The molecule has 0 amide bonds. The van der Waals surface area contributed by atoms with Gasteiger partial charge in [0.25, 0.3) is 0 Å². The first-order chi connectivity index (χ1) is 21.5. The van der Waals surface area contributed by atoms with Gasteiger partial charge in [0.1, 0.15) is 34.0 Å². The van der Waals surface area contributed by atoms with Crippen molar-refractivity contribution in [1.29, 1.82) is 0 Å². The van der Waals surface area contributed by atoms with E-state index < -0.39 is 0 Å². The molecular weight excluding hydrogens is 552 g/mol. The standard InChI is InChI=1S/C38H28O6/c1-22-20-29(35-32(21-23-12-16-25(41-2)17-13-23)43-30-10-6-4-8-27(30)37(35)40)34(24-14-18-26(42-3)19-15-24)38-33(22)36(39)28-9-5-7-11-31(28)44-38/h4-20H,21H2,1-3H3. The van der Waals surface area contributed by atoms with Crippen LogP contribution in [0.25, 0.3) is 55.2 Å². The second-order valence-corrected chi connectivity index (χ2v) is 10.7. The summed E-state index contributed by atoms with van der Waals surface area (Å²) in [4.78, 5) is 28.3. The molecule has 0 unspecified atom stereocenters. The van der Waals surface area contributed by atoms with Crippen molar-refractivity contribution in [2.45, 2.75) is 13.3 Å². The molecule has 6 nitrogen and oxygen atoms in total. The average molecular weight is 581 g/mol. The van der Waals surface area contributed by atoms with E-state index in [0.29, 0.717) is 73.1 Å². The zero-order valence-electron chi connectivity index (χ0n) is 24.5. The van der Waals surface area contributed by atoms with E-state index in [1.807, 2.05) is 85.8 Å². The quantitative estimate of drug-likeness (QED) is 0.184. The second kappa shape index (κ2) is 10.9. The monoisotopic (exact) mass is 580 g/mol. The normalized spacial score (nSPS) is 11.3. The highest BCUT2D eigenvalue weighted by molar-refractivity contribution is 6.06. The fourth-order valence-electron chi connectivity index (χ4n) is 5.91. The van der Waals surface area contributed by atoms with Crippen LogP contribution in [-0.4, -0.2) is 14.2 Å². The third kappa shape index (κ3) is 4.52. The van der Waals surface area contributed by atoms with Gasteiger partial charge in [-0.25, -0.2) is 0 Å². The van der Waals surface area contributed by atoms with Crippen LogP contribution >= 0.6 is 0 Å². The highest BCUT2D eigenvalue weighted by Crippen LogP contribution is 2.41. The Bertz CT molecular complexity index is 2310. The molecule has 0 radical (unpaired) electrons. The first-order valence-corrected chi connectivity index (χ1v) is 14.3. The molecule has 0 spiro atoms. The Labute approximate surface area is 252 Å². The number of hydrogen-bond donors (Lipinski definition) is 0. The van der Waals surface area contributed by atoms with Crippen LogP contribution in [0.1, 0.15) is 16.9 Å². The van der Waals surface area contributed by atoms with Crippen molar-refractivity contribution in [2.24, 2.45) is 0 Å². The fraction of sp³-hybridized carbons (Fsp3) is 0.105. The number of fused-ring (bicyclic) bond motifs is 3. The molecule has 0 fully saturated rings. The molecule has 0 saturated heterocycles. The first kappa shape index (κ1) is 27.2. The minimum atomic E-state index is -0.160. The fourth-order valence-corrected chi connectivity index (χ4v) is 5.91. The molecule has 7 aromatic rings. The number of hydrogen-bond acceptors (Lipinski definition) is 6. The molecule has 5 aromatic carbocycles. The van der Waals surface area contributed by atoms with E-state index in [0.717, 1.165) is 16.9 Å². The van der Waals surface area contributed by atoms with Gasteiger partial charge in [0.05, 0.1) is 35.9 Å². The highest BCUT2D eigenvalue weighted by Gasteiger charge is 2.25. The molecule has 44 heavy (non-hydrogen) atoms. The molecule has 0 atom stereocenters. The lowest BCUT2D eigenvalue weighted by Gasteiger charge is -2.18. The summed E-state index contributed by atoms with van der Waals surface area (Å²) < 4.78 is 23.8. The van der Waals surface area contributed by atoms with Crippen LogP contribution < -0.4 is 20.3 Å². The molecule has 216 valence electrons. The maximum absolute atomic E-state index is 14.5. The predicted molar refractivity (Wildman–Crippen MR) is 174 cm³/mol. The predicted octanol–water partition coefficient (Wildman–Crippen LogP) is 8.30. The van der Waals surface area contributed by atoms with E-state index in [9.17, 15) is 9.59 Å². The van der Waals surface area contributed by atoms with Crippen LogP contribution in [0.5, 0.6) is 11.5 Å². The number of ether oxygens (including phenoxy) is 2. The van der Waals surface area contributed by atoms with Gasteiger partial charge in [0, 0.05) is 17.5 Å².